The first-order valence-corrected chi connectivity index (χ1v) is 6.28. The van der Waals surface area contributed by atoms with Crippen molar-refractivity contribution < 1.29 is 10.2 Å². The van der Waals surface area contributed by atoms with Crippen molar-refractivity contribution >= 4 is 0 Å². The molecular formula is C12H26N2O4-2. The fourth-order valence-corrected chi connectivity index (χ4v) is 1.24. The van der Waals surface area contributed by atoms with Crippen LogP contribution in [0.25, 0.3) is 0 Å². The summed E-state index contributed by atoms with van der Waals surface area (Å²) in [6.07, 6.45) is 0.748. The van der Waals surface area contributed by atoms with Crippen molar-refractivity contribution in [1.29, 1.82) is 0 Å². The van der Waals surface area contributed by atoms with E-state index >= 15 is 0 Å². The predicted octanol–water partition coefficient (Wildman–Crippen LogP) is 0.908. The van der Waals surface area contributed by atoms with Gasteiger partial charge in [-0.15, -0.1) is 0 Å². The summed E-state index contributed by atoms with van der Waals surface area (Å²) in [6.45, 7) is 7.23. The Labute approximate surface area is 109 Å². The van der Waals surface area contributed by atoms with E-state index in [2.05, 4.69) is 0 Å². The van der Waals surface area contributed by atoms with Gasteiger partial charge in [0.25, 0.3) is 0 Å². The Morgan fingerprint density at radius 2 is 1.00 bits per heavy atom. The third-order valence-corrected chi connectivity index (χ3v) is 2.54. The molecule has 0 rings (SSSR count). The Morgan fingerprint density at radius 1 is 0.722 bits per heavy atom. The largest absolute Gasteiger partial charge is 0.785 e. The fraction of sp³-hybridized carbons (Fsp3) is 1.00. The molecule has 110 valence electrons. The molecule has 0 atom stereocenters. The van der Waals surface area contributed by atoms with Crippen LogP contribution < -0.4 is 0 Å². The lowest BCUT2D eigenvalue weighted by Crippen LogP contribution is -2.34. The first-order chi connectivity index (χ1) is 7.99. The van der Waals surface area contributed by atoms with E-state index in [1.54, 1.807) is 27.7 Å². The highest BCUT2D eigenvalue weighted by atomic mass is 16.5. The van der Waals surface area contributed by atoms with Crippen LogP contribution in [-0.2, 0) is 0 Å². The second-order valence-corrected chi connectivity index (χ2v) is 5.98. The maximum Gasteiger partial charge on any atom is 0.0603 e. The number of hydrogen-bond donors (Lipinski definition) is 2. The van der Waals surface area contributed by atoms with Crippen LogP contribution in [0.1, 0.15) is 40.5 Å². The summed E-state index contributed by atoms with van der Waals surface area (Å²) in [6, 6.07) is 0. The maximum atomic E-state index is 11.4. The maximum absolute atomic E-state index is 11.4. The van der Waals surface area contributed by atoms with Crippen molar-refractivity contribution in [3.63, 3.8) is 0 Å². The molecule has 0 heterocycles. The zero-order valence-corrected chi connectivity index (χ0v) is 11.8. The zero-order valence-electron chi connectivity index (χ0n) is 11.8. The van der Waals surface area contributed by atoms with Crippen LogP contribution >= 0.6 is 0 Å². The summed E-state index contributed by atoms with van der Waals surface area (Å²) < 4.78 is 0. The molecule has 18 heavy (non-hydrogen) atoms. The SMILES string of the molecule is CC(C)(O)CCN([O-])CCN([O-])CCC(C)(C)O. The molecule has 0 aliphatic rings. The van der Waals surface area contributed by atoms with Gasteiger partial charge in [0.05, 0.1) is 11.2 Å². The molecule has 0 radical (unpaired) electrons. The Morgan fingerprint density at radius 3 is 1.22 bits per heavy atom. The van der Waals surface area contributed by atoms with Crippen molar-refractivity contribution in [3.05, 3.63) is 10.4 Å². The summed E-state index contributed by atoms with van der Waals surface area (Å²) in [5.41, 5.74) is -1.72. The molecule has 0 spiro atoms. The van der Waals surface area contributed by atoms with Crippen molar-refractivity contribution in [1.82, 2.24) is 10.1 Å². The minimum Gasteiger partial charge on any atom is -0.785 e. The molecule has 0 aromatic rings. The smallest absolute Gasteiger partial charge is 0.0603 e. The van der Waals surface area contributed by atoms with E-state index in [0.717, 1.165) is 10.1 Å². The molecular weight excluding hydrogens is 236 g/mol. The number of hydroxylamine groups is 4. The summed E-state index contributed by atoms with van der Waals surface area (Å²) in [5.74, 6) is 0. The van der Waals surface area contributed by atoms with Gasteiger partial charge in [0.2, 0.25) is 0 Å². The first kappa shape index (κ1) is 17.8. The first-order valence-electron chi connectivity index (χ1n) is 6.28. The second kappa shape index (κ2) is 7.37. The third-order valence-electron chi connectivity index (χ3n) is 2.54. The molecule has 0 aliphatic carbocycles. The van der Waals surface area contributed by atoms with Crippen molar-refractivity contribution in [2.45, 2.75) is 51.7 Å². The van der Waals surface area contributed by atoms with Crippen LogP contribution in [-0.4, -0.2) is 57.7 Å². The van der Waals surface area contributed by atoms with Gasteiger partial charge in [-0.25, -0.2) is 0 Å². The molecule has 0 saturated carbocycles. The van der Waals surface area contributed by atoms with Crippen LogP contribution in [0.2, 0.25) is 0 Å². The zero-order chi connectivity index (χ0) is 14.4. The number of nitrogens with zero attached hydrogens (tertiary/aromatic N) is 2. The van der Waals surface area contributed by atoms with Crippen molar-refractivity contribution in [2.24, 2.45) is 0 Å². The highest BCUT2D eigenvalue weighted by molar-refractivity contribution is 4.72. The molecule has 0 amide bonds. The van der Waals surface area contributed by atoms with E-state index in [4.69, 9.17) is 0 Å². The molecule has 0 aromatic heterocycles. The molecule has 0 aromatic carbocycles. The molecule has 2 N–H and O–H groups in total. The summed E-state index contributed by atoms with van der Waals surface area (Å²) in [7, 11) is 0. The summed E-state index contributed by atoms with van der Waals surface area (Å²) in [4.78, 5) is 0. The minimum absolute atomic E-state index is 0.117. The van der Waals surface area contributed by atoms with Gasteiger partial charge in [-0.05, 0) is 66.7 Å². The van der Waals surface area contributed by atoms with Crippen LogP contribution in [0, 0.1) is 10.4 Å². The average Bonchev–Trinajstić information content (AvgIpc) is 2.18. The van der Waals surface area contributed by atoms with Gasteiger partial charge >= 0.3 is 0 Å². The van der Waals surface area contributed by atoms with Gasteiger partial charge in [0.15, 0.2) is 0 Å². The molecule has 0 aliphatic heterocycles. The minimum atomic E-state index is -0.860. The normalized spacial score (nSPS) is 13.7. The number of aliphatic hydroxyl groups is 2. The average molecular weight is 262 g/mol. The highest BCUT2D eigenvalue weighted by Gasteiger charge is 2.13. The molecule has 6 heteroatoms. The molecule has 0 unspecified atom stereocenters. The van der Waals surface area contributed by atoms with Crippen LogP contribution in [0.15, 0.2) is 0 Å². The van der Waals surface area contributed by atoms with Gasteiger partial charge < -0.3 is 30.8 Å². The Bertz CT molecular complexity index is 199. The highest BCUT2D eigenvalue weighted by Crippen LogP contribution is 2.09. The van der Waals surface area contributed by atoms with Gasteiger partial charge in [-0.3, -0.25) is 0 Å². The lowest BCUT2D eigenvalue weighted by atomic mass is 10.1. The Kier molecular flexibility index (Phi) is 7.28. The van der Waals surface area contributed by atoms with E-state index in [9.17, 15) is 20.6 Å². The van der Waals surface area contributed by atoms with Crippen molar-refractivity contribution in [2.75, 3.05) is 26.2 Å². The van der Waals surface area contributed by atoms with E-state index < -0.39 is 11.2 Å². The van der Waals surface area contributed by atoms with Crippen LogP contribution in [0.3, 0.4) is 0 Å². The van der Waals surface area contributed by atoms with Gasteiger partial charge in [-0.1, -0.05) is 0 Å². The molecule has 0 saturated heterocycles. The van der Waals surface area contributed by atoms with E-state index in [1.807, 2.05) is 0 Å². The number of hydrogen-bond acceptors (Lipinski definition) is 6. The lowest BCUT2D eigenvalue weighted by Gasteiger charge is -2.36. The number of rotatable bonds is 9. The van der Waals surface area contributed by atoms with E-state index in [1.165, 1.54) is 0 Å². The third kappa shape index (κ3) is 12.2. The standard InChI is InChI=1S/C12H26N2O4/c1-11(2,15)5-7-13(17)9-10-14(18)8-6-12(3,4)16/h15-16H,5-10H2,1-4H3/q-2. The van der Waals surface area contributed by atoms with Crippen LogP contribution in [0.4, 0.5) is 0 Å². The molecule has 0 fully saturated rings. The summed E-state index contributed by atoms with van der Waals surface area (Å²) in [5, 5.41) is 43.2. The van der Waals surface area contributed by atoms with E-state index in [-0.39, 0.29) is 26.2 Å². The Hall–Kier alpha value is -0.240. The van der Waals surface area contributed by atoms with Gasteiger partial charge in [-0.2, -0.15) is 0 Å². The topological polar surface area (TPSA) is 93.1 Å². The lowest BCUT2D eigenvalue weighted by molar-refractivity contribution is 0.0577. The summed E-state index contributed by atoms with van der Waals surface area (Å²) >= 11 is 0. The monoisotopic (exact) mass is 262 g/mol. The second-order valence-electron chi connectivity index (χ2n) is 5.98. The van der Waals surface area contributed by atoms with Gasteiger partial charge in [0.1, 0.15) is 0 Å². The quantitative estimate of drug-likeness (QED) is 0.600. The van der Waals surface area contributed by atoms with Crippen molar-refractivity contribution in [3.8, 4) is 0 Å². The fourth-order valence-electron chi connectivity index (χ4n) is 1.24. The van der Waals surface area contributed by atoms with E-state index in [0.29, 0.717) is 12.8 Å². The van der Waals surface area contributed by atoms with Gasteiger partial charge in [0, 0.05) is 0 Å². The Balaban J connectivity index is 3.68. The van der Waals surface area contributed by atoms with Crippen LogP contribution in [0.5, 0.6) is 0 Å². The predicted molar refractivity (Wildman–Crippen MR) is 71.7 cm³/mol. The molecule has 0 bridgehead atoms. The molecule has 6 nitrogen and oxygen atoms in total.